The van der Waals surface area contributed by atoms with Gasteiger partial charge in [0, 0.05) is 10.6 Å². The highest BCUT2D eigenvalue weighted by atomic mass is 32.2. The Morgan fingerprint density at radius 2 is 2.00 bits per heavy atom. The number of thioether (sulfide) groups is 1. The van der Waals surface area contributed by atoms with Crippen molar-refractivity contribution in [1.82, 2.24) is 0 Å². The van der Waals surface area contributed by atoms with E-state index in [9.17, 15) is 4.79 Å². The number of hydrogen-bond acceptors (Lipinski definition) is 2. The van der Waals surface area contributed by atoms with E-state index in [2.05, 4.69) is 38.1 Å². The van der Waals surface area contributed by atoms with Crippen LogP contribution in [0.15, 0.2) is 46.4 Å². The normalized spacial score (nSPS) is 18.8. The van der Waals surface area contributed by atoms with Gasteiger partial charge in [-0.3, -0.25) is 4.79 Å². The maximum Gasteiger partial charge on any atom is 0.146 e. The van der Waals surface area contributed by atoms with E-state index in [1.165, 1.54) is 16.9 Å². The van der Waals surface area contributed by atoms with Crippen molar-refractivity contribution in [3.8, 4) is 0 Å². The van der Waals surface area contributed by atoms with E-state index in [1.54, 1.807) is 0 Å². The smallest absolute Gasteiger partial charge is 0.146 e. The first-order valence-corrected chi connectivity index (χ1v) is 7.47. The molecule has 0 radical (unpaired) electrons. The lowest BCUT2D eigenvalue weighted by molar-refractivity contribution is -0.105. The molecule has 2 rings (SSSR count). The molecule has 1 aromatic rings. The van der Waals surface area contributed by atoms with E-state index in [0.717, 1.165) is 30.5 Å². The average molecular weight is 260 g/mol. The van der Waals surface area contributed by atoms with Gasteiger partial charge in [0.05, 0.1) is 0 Å². The first-order chi connectivity index (χ1) is 8.63. The second kappa shape index (κ2) is 5.75. The Kier molecular flexibility index (Phi) is 4.28. The molecule has 0 N–H and O–H groups in total. The number of benzene rings is 1. The van der Waals surface area contributed by atoms with Gasteiger partial charge in [0.2, 0.25) is 0 Å². The van der Waals surface area contributed by atoms with Crippen LogP contribution in [0.3, 0.4) is 0 Å². The van der Waals surface area contributed by atoms with Crippen LogP contribution < -0.4 is 0 Å². The Balaban J connectivity index is 2.14. The van der Waals surface area contributed by atoms with E-state index in [-0.39, 0.29) is 5.41 Å². The predicted molar refractivity (Wildman–Crippen MR) is 77.9 cm³/mol. The number of rotatable bonds is 4. The van der Waals surface area contributed by atoms with Crippen molar-refractivity contribution < 1.29 is 4.79 Å². The van der Waals surface area contributed by atoms with Crippen LogP contribution in [0.2, 0.25) is 0 Å². The van der Waals surface area contributed by atoms with Gasteiger partial charge in [-0.15, -0.1) is 11.8 Å². The lowest BCUT2D eigenvalue weighted by Crippen LogP contribution is -2.23. The third-order valence-electron chi connectivity index (χ3n) is 3.72. The largest absolute Gasteiger partial charge is 0.298 e. The van der Waals surface area contributed by atoms with Gasteiger partial charge in [-0.1, -0.05) is 32.0 Å². The minimum Gasteiger partial charge on any atom is -0.298 e. The summed E-state index contributed by atoms with van der Waals surface area (Å²) in [4.78, 5) is 12.5. The van der Waals surface area contributed by atoms with Crippen LogP contribution in [0.1, 0.15) is 33.1 Å². The maximum atomic E-state index is 11.2. The molecular formula is C16H20OS. The van der Waals surface area contributed by atoms with Crippen LogP contribution in [0, 0.1) is 5.41 Å². The van der Waals surface area contributed by atoms with Crippen molar-refractivity contribution in [2.24, 2.45) is 5.41 Å². The highest BCUT2D eigenvalue weighted by molar-refractivity contribution is 7.99. The van der Waals surface area contributed by atoms with Gasteiger partial charge in [0.25, 0.3) is 0 Å². The third-order valence-corrected chi connectivity index (χ3v) is 4.76. The van der Waals surface area contributed by atoms with Gasteiger partial charge < -0.3 is 0 Å². The molecule has 96 valence electrons. The van der Waals surface area contributed by atoms with Gasteiger partial charge in [-0.25, -0.2) is 0 Å². The van der Waals surface area contributed by atoms with E-state index >= 15 is 0 Å². The molecule has 1 nitrogen and oxygen atoms in total. The molecule has 0 saturated carbocycles. The lowest BCUT2D eigenvalue weighted by atomic mass is 9.73. The topological polar surface area (TPSA) is 17.1 Å². The number of allylic oxidation sites excluding steroid dienone is 1. The molecule has 0 aromatic heterocycles. The van der Waals surface area contributed by atoms with Gasteiger partial charge in [0.1, 0.15) is 6.29 Å². The Morgan fingerprint density at radius 1 is 1.28 bits per heavy atom. The van der Waals surface area contributed by atoms with Gasteiger partial charge in [-0.2, -0.15) is 0 Å². The molecule has 2 heteroatoms. The number of aldehydes is 1. The van der Waals surface area contributed by atoms with Crippen molar-refractivity contribution >= 4 is 18.0 Å². The number of carbonyl (C=O) groups excluding carboxylic acids is 1. The van der Waals surface area contributed by atoms with Crippen LogP contribution >= 0.6 is 11.8 Å². The molecule has 0 unspecified atom stereocenters. The summed E-state index contributed by atoms with van der Waals surface area (Å²) < 4.78 is 0. The zero-order valence-electron chi connectivity index (χ0n) is 11.1. The summed E-state index contributed by atoms with van der Waals surface area (Å²) in [6.45, 7) is 4.52. The molecule has 0 aliphatic heterocycles. The van der Waals surface area contributed by atoms with E-state index in [4.69, 9.17) is 0 Å². The van der Waals surface area contributed by atoms with Crippen molar-refractivity contribution in [3.05, 3.63) is 41.5 Å². The molecule has 0 bridgehead atoms. The summed E-state index contributed by atoms with van der Waals surface area (Å²) in [6, 6.07) is 10.4. The second-order valence-corrected chi connectivity index (χ2v) is 6.51. The summed E-state index contributed by atoms with van der Waals surface area (Å²) in [5, 5.41) is 0. The summed E-state index contributed by atoms with van der Waals surface area (Å²) in [5.41, 5.74) is 2.56. The van der Waals surface area contributed by atoms with Crippen LogP contribution in [0.4, 0.5) is 0 Å². The molecule has 0 atom stereocenters. The van der Waals surface area contributed by atoms with Crippen LogP contribution in [-0.2, 0) is 4.79 Å². The van der Waals surface area contributed by atoms with Gasteiger partial charge in [0.15, 0.2) is 0 Å². The monoisotopic (exact) mass is 260 g/mol. The van der Waals surface area contributed by atoms with E-state index in [0.29, 0.717) is 0 Å². The summed E-state index contributed by atoms with van der Waals surface area (Å²) in [6.07, 6.45) is 4.36. The molecule has 18 heavy (non-hydrogen) atoms. The van der Waals surface area contributed by atoms with Crippen molar-refractivity contribution in [2.75, 3.05) is 5.75 Å². The Bertz CT molecular complexity index is 445. The lowest BCUT2D eigenvalue weighted by Gasteiger charge is -2.33. The zero-order chi connectivity index (χ0) is 13.0. The van der Waals surface area contributed by atoms with Crippen molar-refractivity contribution in [2.45, 2.75) is 38.0 Å². The molecule has 0 spiro atoms. The minimum absolute atomic E-state index is 0.177. The van der Waals surface area contributed by atoms with E-state index in [1.807, 2.05) is 17.8 Å². The number of carbonyl (C=O) groups is 1. The molecule has 0 amide bonds. The van der Waals surface area contributed by atoms with Gasteiger partial charge >= 0.3 is 0 Å². The fraction of sp³-hybridized carbons (Fsp3) is 0.438. The highest BCUT2D eigenvalue weighted by Gasteiger charge is 2.29. The third kappa shape index (κ3) is 3.05. The maximum absolute atomic E-state index is 11.2. The minimum atomic E-state index is 0.177. The predicted octanol–water partition coefficient (Wildman–Crippen LogP) is 4.48. The first-order valence-electron chi connectivity index (χ1n) is 6.49. The SMILES string of the molecule is CC1(C)CCCC(C=O)=C1CSc1ccccc1. The van der Waals surface area contributed by atoms with Gasteiger partial charge in [-0.05, 0) is 48.0 Å². The Labute approximate surface area is 114 Å². The highest BCUT2D eigenvalue weighted by Crippen LogP contribution is 2.41. The second-order valence-electron chi connectivity index (χ2n) is 5.46. The Hall–Kier alpha value is -1.02. The van der Waals surface area contributed by atoms with Crippen molar-refractivity contribution in [3.63, 3.8) is 0 Å². The molecular weight excluding hydrogens is 240 g/mol. The molecule has 1 aliphatic rings. The zero-order valence-corrected chi connectivity index (χ0v) is 11.9. The fourth-order valence-electron chi connectivity index (χ4n) is 2.55. The van der Waals surface area contributed by atoms with Crippen LogP contribution in [0.5, 0.6) is 0 Å². The standard InChI is InChI=1S/C16H20OS/c1-16(2)10-6-7-13(11-17)15(16)12-18-14-8-4-3-5-9-14/h3-5,8-9,11H,6-7,10,12H2,1-2H3. The average Bonchev–Trinajstić information content (AvgIpc) is 2.37. The number of hydrogen-bond donors (Lipinski definition) is 0. The molecule has 1 aromatic carbocycles. The molecule has 0 fully saturated rings. The first kappa shape index (κ1) is 13.4. The summed E-state index contributed by atoms with van der Waals surface area (Å²) >= 11 is 1.83. The summed E-state index contributed by atoms with van der Waals surface area (Å²) in [7, 11) is 0. The molecule has 0 heterocycles. The van der Waals surface area contributed by atoms with Crippen LogP contribution in [-0.4, -0.2) is 12.0 Å². The Morgan fingerprint density at radius 3 is 2.67 bits per heavy atom. The molecule has 0 saturated heterocycles. The van der Waals surface area contributed by atoms with Crippen LogP contribution in [0.25, 0.3) is 0 Å². The molecule has 1 aliphatic carbocycles. The van der Waals surface area contributed by atoms with E-state index < -0.39 is 0 Å². The summed E-state index contributed by atoms with van der Waals surface area (Å²) in [5.74, 6) is 0.936. The van der Waals surface area contributed by atoms with Crippen molar-refractivity contribution in [1.29, 1.82) is 0 Å². The quantitative estimate of drug-likeness (QED) is 0.586. The fourth-order valence-corrected chi connectivity index (χ4v) is 3.78.